The maximum absolute atomic E-state index is 4.55. The first-order valence-corrected chi connectivity index (χ1v) is 7.64. The summed E-state index contributed by atoms with van der Waals surface area (Å²) in [5.41, 5.74) is 1.16. The molecule has 1 aromatic heterocycles. The van der Waals surface area contributed by atoms with E-state index in [1.165, 1.54) is 24.3 Å². The molecule has 0 aliphatic heterocycles. The third-order valence-corrected chi connectivity index (χ3v) is 3.90. The lowest BCUT2D eigenvalue weighted by Crippen LogP contribution is -2.31. The van der Waals surface area contributed by atoms with E-state index in [0.29, 0.717) is 6.04 Å². The Kier molecular flexibility index (Phi) is 6.75. The van der Waals surface area contributed by atoms with Gasteiger partial charge in [-0.25, -0.2) is 4.98 Å². The highest BCUT2D eigenvalue weighted by Crippen LogP contribution is 2.15. The summed E-state index contributed by atoms with van der Waals surface area (Å²) in [5, 5.41) is 7.00. The van der Waals surface area contributed by atoms with Gasteiger partial charge in [-0.15, -0.1) is 11.3 Å². The summed E-state index contributed by atoms with van der Waals surface area (Å²) in [6.45, 7) is 9.90. The smallest absolute Gasteiger partial charge is 0.0943 e. The largest absolute Gasteiger partial charge is 0.314 e. The van der Waals surface area contributed by atoms with Gasteiger partial charge >= 0.3 is 0 Å². The molecule has 0 fully saturated rings. The molecular weight excluding hydrogens is 228 g/mol. The zero-order valence-electron chi connectivity index (χ0n) is 11.6. The Morgan fingerprint density at radius 2 is 2.12 bits per heavy atom. The summed E-state index contributed by atoms with van der Waals surface area (Å²) in [4.78, 5) is 4.55. The van der Waals surface area contributed by atoms with E-state index in [9.17, 15) is 0 Å². The number of hydrogen-bond donors (Lipinski definition) is 1. The summed E-state index contributed by atoms with van der Waals surface area (Å²) in [6.07, 6.45) is 5.01. The maximum atomic E-state index is 4.55. The second-order valence-electron chi connectivity index (χ2n) is 5.17. The molecule has 0 saturated carbocycles. The maximum Gasteiger partial charge on any atom is 0.0943 e. The molecular formula is C14H26N2S. The Morgan fingerprint density at radius 1 is 1.35 bits per heavy atom. The van der Waals surface area contributed by atoms with Crippen LogP contribution in [0.15, 0.2) is 5.38 Å². The van der Waals surface area contributed by atoms with Gasteiger partial charge in [0.2, 0.25) is 0 Å². The summed E-state index contributed by atoms with van der Waals surface area (Å²) >= 11 is 1.79. The molecule has 1 unspecified atom stereocenters. The van der Waals surface area contributed by atoms with E-state index in [-0.39, 0.29) is 0 Å². The number of nitrogens with zero attached hydrogens (tertiary/aromatic N) is 1. The summed E-state index contributed by atoms with van der Waals surface area (Å²) in [6, 6.07) is 0.601. The monoisotopic (exact) mass is 254 g/mol. The molecule has 0 amide bonds. The highest BCUT2D eigenvalue weighted by molar-refractivity contribution is 7.09. The Balaban J connectivity index is 2.37. The molecule has 2 nitrogen and oxygen atoms in total. The average Bonchev–Trinajstić information content (AvgIpc) is 2.63. The third-order valence-electron chi connectivity index (χ3n) is 2.91. The number of aryl methyl sites for hydroxylation is 1. The lowest BCUT2D eigenvalue weighted by molar-refractivity contribution is 0.441. The fraction of sp³-hybridized carbons (Fsp3) is 0.786. The van der Waals surface area contributed by atoms with Crippen molar-refractivity contribution in [3.8, 4) is 0 Å². The van der Waals surface area contributed by atoms with Crippen molar-refractivity contribution in [2.45, 2.75) is 59.4 Å². The van der Waals surface area contributed by atoms with Gasteiger partial charge in [0.1, 0.15) is 0 Å². The van der Waals surface area contributed by atoms with Crippen molar-refractivity contribution in [3.05, 3.63) is 16.1 Å². The summed E-state index contributed by atoms with van der Waals surface area (Å²) in [7, 11) is 0. The van der Waals surface area contributed by atoms with Crippen LogP contribution in [0.5, 0.6) is 0 Å². The van der Waals surface area contributed by atoms with Gasteiger partial charge in [-0.1, -0.05) is 33.6 Å². The standard InChI is InChI=1S/C14H26N2S/c1-5-15-13(8-6-7-11(2)3)9-14-16-12(4)10-17-14/h10-11,13,15H,5-9H2,1-4H3. The minimum atomic E-state index is 0.601. The quantitative estimate of drug-likeness (QED) is 0.763. The van der Waals surface area contributed by atoms with Crippen LogP contribution in [0.2, 0.25) is 0 Å². The molecule has 0 aromatic carbocycles. The minimum absolute atomic E-state index is 0.601. The van der Waals surface area contributed by atoms with E-state index in [0.717, 1.165) is 24.6 Å². The fourth-order valence-electron chi connectivity index (χ4n) is 2.04. The lowest BCUT2D eigenvalue weighted by atomic mass is 10.0. The number of rotatable bonds is 8. The molecule has 0 radical (unpaired) electrons. The van der Waals surface area contributed by atoms with Gasteiger partial charge in [0.15, 0.2) is 0 Å². The fourth-order valence-corrected chi connectivity index (χ4v) is 2.90. The average molecular weight is 254 g/mol. The van der Waals surface area contributed by atoms with Gasteiger partial charge in [0, 0.05) is 23.5 Å². The van der Waals surface area contributed by atoms with Crippen molar-refractivity contribution in [1.29, 1.82) is 0 Å². The van der Waals surface area contributed by atoms with E-state index >= 15 is 0 Å². The molecule has 1 atom stereocenters. The molecule has 0 aliphatic rings. The number of likely N-dealkylation sites (N-methyl/N-ethyl adjacent to an activating group) is 1. The van der Waals surface area contributed by atoms with E-state index in [2.05, 4.69) is 43.4 Å². The molecule has 3 heteroatoms. The Hall–Kier alpha value is -0.410. The molecule has 1 heterocycles. The number of aromatic nitrogens is 1. The van der Waals surface area contributed by atoms with Gasteiger partial charge in [0.25, 0.3) is 0 Å². The normalized spacial score (nSPS) is 13.2. The van der Waals surface area contributed by atoms with Crippen LogP contribution in [0.1, 0.15) is 50.7 Å². The van der Waals surface area contributed by atoms with Gasteiger partial charge in [-0.3, -0.25) is 0 Å². The van der Waals surface area contributed by atoms with E-state index in [1.807, 2.05) is 0 Å². The van der Waals surface area contributed by atoms with E-state index in [1.54, 1.807) is 11.3 Å². The first-order valence-electron chi connectivity index (χ1n) is 6.76. The minimum Gasteiger partial charge on any atom is -0.314 e. The van der Waals surface area contributed by atoms with Crippen molar-refractivity contribution in [1.82, 2.24) is 10.3 Å². The zero-order valence-corrected chi connectivity index (χ0v) is 12.4. The van der Waals surface area contributed by atoms with Crippen molar-refractivity contribution in [3.63, 3.8) is 0 Å². The lowest BCUT2D eigenvalue weighted by Gasteiger charge is -2.17. The molecule has 17 heavy (non-hydrogen) atoms. The molecule has 98 valence electrons. The molecule has 1 rings (SSSR count). The SMILES string of the molecule is CCNC(CCCC(C)C)Cc1nc(C)cs1. The van der Waals surface area contributed by atoms with Crippen LogP contribution in [0.4, 0.5) is 0 Å². The topological polar surface area (TPSA) is 24.9 Å². The summed E-state index contributed by atoms with van der Waals surface area (Å²) < 4.78 is 0. The van der Waals surface area contributed by atoms with Crippen LogP contribution in [-0.4, -0.2) is 17.6 Å². The Bertz CT molecular complexity index is 307. The van der Waals surface area contributed by atoms with Gasteiger partial charge < -0.3 is 5.32 Å². The van der Waals surface area contributed by atoms with Crippen LogP contribution in [0.25, 0.3) is 0 Å². The predicted molar refractivity (Wildman–Crippen MR) is 76.7 cm³/mol. The third kappa shape index (κ3) is 6.18. The van der Waals surface area contributed by atoms with Crippen LogP contribution >= 0.6 is 11.3 Å². The first kappa shape index (κ1) is 14.7. The molecule has 0 spiro atoms. The van der Waals surface area contributed by atoms with E-state index < -0.39 is 0 Å². The van der Waals surface area contributed by atoms with Crippen LogP contribution in [0.3, 0.4) is 0 Å². The van der Waals surface area contributed by atoms with Crippen molar-refractivity contribution in [2.24, 2.45) is 5.92 Å². The summed E-state index contributed by atoms with van der Waals surface area (Å²) in [5.74, 6) is 0.819. The van der Waals surface area contributed by atoms with Crippen molar-refractivity contribution >= 4 is 11.3 Å². The zero-order chi connectivity index (χ0) is 12.7. The number of nitrogens with one attached hydrogen (secondary N) is 1. The molecule has 0 bridgehead atoms. The van der Waals surface area contributed by atoms with Crippen molar-refractivity contribution < 1.29 is 0 Å². The van der Waals surface area contributed by atoms with Gasteiger partial charge in [0.05, 0.1) is 5.01 Å². The molecule has 0 saturated heterocycles. The Labute approximate surface area is 110 Å². The van der Waals surface area contributed by atoms with Crippen LogP contribution in [0, 0.1) is 12.8 Å². The number of hydrogen-bond acceptors (Lipinski definition) is 3. The van der Waals surface area contributed by atoms with Gasteiger partial charge in [-0.2, -0.15) is 0 Å². The molecule has 1 aromatic rings. The second kappa shape index (κ2) is 7.83. The molecule has 0 aliphatic carbocycles. The van der Waals surface area contributed by atoms with E-state index in [4.69, 9.17) is 0 Å². The second-order valence-corrected chi connectivity index (χ2v) is 6.11. The number of thiazole rings is 1. The van der Waals surface area contributed by atoms with Gasteiger partial charge in [-0.05, 0) is 25.8 Å². The first-order chi connectivity index (χ1) is 8.11. The van der Waals surface area contributed by atoms with Crippen molar-refractivity contribution in [2.75, 3.05) is 6.54 Å². The van der Waals surface area contributed by atoms with Crippen LogP contribution < -0.4 is 5.32 Å². The predicted octanol–water partition coefficient (Wildman–Crippen LogP) is 3.80. The highest BCUT2D eigenvalue weighted by atomic mass is 32.1. The Morgan fingerprint density at radius 3 is 2.65 bits per heavy atom. The molecule has 1 N–H and O–H groups in total. The van der Waals surface area contributed by atoms with Crippen LogP contribution in [-0.2, 0) is 6.42 Å². The highest BCUT2D eigenvalue weighted by Gasteiger charge is 2.10.